The van der Waals surface area contributed by atoms with E-state index in [9.17, 15) is 22.0 Å². The molecule has 1 N–H and O–H groups in total. The van der Waals surface area contributed by atoms with E-state index < -0.39 is 27.3 Å². The van der Waals surface area contributed by atoms with Crippen molar-refractivity contribution in [3.8, 4) is 5.88 Å². The van der Waals surface area contributed by atoms with Crippen molar-refractivity contribution in [2.24, 2.45) is 16.3 Å². The highest BCUT2D eigenvalue weighted by molar-refractivity contribution is 7.90. The number of hydrogen-bond donors (Lipinski definition) is 1. The number of benzene rings is 1. The zero-order valence-corrected chi connectivity index (χ0v) is 26.0. The number of alkyl halides is 2. The van der Waals surface area contributed by atoms with Crippen molar-refractivity contribution < 1.29 is 26.7 Å². The van der Waals surface area contributed by atoms with Gasteiger partial charge >= 0.3 is 0 Å². The molecule has 1 amide bonds. The zero-order valence-electron chi connectivity index (χ0n) is 25.2. The van der Waals surface area contributed by atoms with Gasteiger partial charge in [0, 0.05) is 30.8 Å². The second kappa shape index (κ2) is 11.8. The number of allylic oxidation sites excluding steroid dienone is 1. The Labute approximate surface area is 247 Å². The predicted octanol–water partition coefficient (Wildman–Crippen LogP) is 5.32. The van der Waals surface area contributed by atoms with Gasteiger partial charge in [0.15, 0.2) is 0 Å². The monoisotopic (exact) mass is 605 g/mol. The summed E-state index contributed by atoms with van der Waals surface area (Å²) >= 11 is 0. The summed E-state index contributed by atoms with van der Waals surface area (Å²) < 4.78 is 63.5. The van der Waals surface area contributed by atoms with Crippen molar-refractivity contribution in [1.82, 2.24) is 19.4 Å². The van der Waals surface area contributed by atoms with Crippen LogP contribution in [0, 0.1) is 18.3 Å². The molecule has 2 aromatic rings. The summed E-state index contributed by atoms with van der Waals surface area (Å²) in [5.74, 6) is -2.66. The van der Waals surface area contributed by atoms with Gasteiger partial charge in [-0.3, -0.25) is 4.79 Å². The van der Waals surface area contributed by atoms with Crippen molar-refractivity contribution in [1.29, 1.82) is 0 Å². The van der Waals surface area contributed by atoms with Crippen LogP contribution >= 0.6 is 0 Å². The highest BCUT2D eigenvalue weighted by Gasteiger charge is 2.59. The molecule has 2 fully saturated rings. The Bertz CT molecular complexity index is 1460. The summed E-state index contributed by atoms with van der Waals surface area (Å²) in [6, 6.07) is 7.72. The Morgan fingerprint density at radius 2 is 1.93 bits per heavy atom. The molecule has 0 unspecified atom stereocenters. The van der Waals surface area contributed by atoms with Crippen molar-refractivity contribution in [2.75, 3.05) is 13.2 Å². The number of ether oxygens (including phenoxy) is 1. The lowest BCUT2D eigenvalue weighted by Gasteiger charge is -2.35. The number of aryl methyl sites for hydroxylation is 1. The maximum atomic E-state index is 14.0. The van der Waals surface area contributed by atoms with Crippen LogP contribution in [-0.2, 0) is 21.5 Å². The van der Waals surface area contributed by atoms with E-state index in [2.05, 4.69) is 30.6 Å². The smallest absolute Gasteiger partial charge is 0.268 e. The topological polar surface area (TPSA) is 106 Å². The first kappa shape index (κ1) is 31.7. The van der Waals surface area contributed by atoms with Gasteiger partial charge in [0.05, 0.1) is 15.9 Å². The Hall–Kier alpha value is -3.28. The highest BCUT2D eigenvalue weighted by Crippen LogP contribution is 2.56. The number of aromatic nitrogens is 2. The maximum Gasteiger partial charge on any atom is 0.268 e. The third-order valence-corrected chi connectivity index (χ3v) is 9.38. The summed E-state index contributed by atoms with van der Waals surface area (Å²) in [7, 11) is -4.11. The second-order valence-corrected chi connectivity index (χ2v) is 13.9. The summed E-state index contributed by atoms with van der Waals surface area (Å²) in [4.78, 5) is 20.4. The zero-order chi connectivity index (χ0) is 30.9. The average Bonchev–Trinajstić information content (AvgIpc) is 3.55. The third-order valence-electron chi connectivity index (χ3n) is 8.04. The standard InChI is InChI=1S/C30H41F2N5O4S/c1-7-11-24(26(38)35-42(39,40)23-12-9-8-10-13-23)25(37-17-21(2)16-28(37,4)5)33-20-36-18-22(3)27(34-36)41-19-30(14-15-30)29(6,31)32/h8-13,18,21H,7,14-17,19-20H2,1-6H3,(H,35,38)/b24-11+,33-25?/t21-/m0/s1. The number of nitrogens with one attached hydrogen (secondary N) is 1. The van der Waals surface area contributed by atoms with Crippen molar-refractivity contribution in [3.63, 3.8) is 0 Å². The average molecular weight is 606 g/mol. The molecule has 0 spiro atoms. The predicted molar refractivity (Wildman–Crippen MR) is 157 cm³/mol. The number of carbonyl (C=O) groups is 1. The summed E-state index contributed by atoms with van der Waals surface area (Å²) in [5, 5.41) is 4.43. The van der Waals surface area contributed by atoms with Gasteiger partial charge < -0.3 is 9.64 Å². The van der Waals surface area contributed by atoms with Crippen molar-refractivity contribution >= 4 is 21.8 Å². The fourth-order valence-corrected chi connectivity index (χ4v) is 6.51. The number of sulfonamides is 1. The van der Waals surface area contributed by atoms with Gasteiger partial charge in [-0.1, -0.05) is 38.1 Å². The van der Waals surface area contributed by atoms with E-state index in [0.717, 1.165) is 13.3 Å². The van der Waals surface area contributed by atoms with E-state index in [1.54, 1.807) is 37.4 Å². The van der Waals surface area contributed by atoms with Crippen LogP contribution in [0.25, 0.3) is 0 Å². The minimum Gasteiger partial charge on any atom is -0.476 e. The molecular weight excluding hydrogens is 564 g/mol. The second-order valence-electron chi connectivity index (χ2n) is 12.2. The molecular formula is C30H41F2N5O4S. The normalized spacial score (nSPS) is 20.5. The van der Waals surface area contributed by atoms with Crippen LogP contribution in [0.2, 0.25) is 0 Å². The molecule has 1 atom stereocenters. The first-order valence-corrected chi connectivity index (χ1v) is 15.8. The van der Waals surface area contributed by atoms with E-state index >= 15 is 0 Å². The van der Waals surface area contributed by atoms with Crippen molar-refractivity contribution in [2.45, 2.75) is 90.3 Å². The van der Waals surface area contributed by atoms with Crippen LogP contribution in [0.3, 0.4) is 0 Å². The molecule has 1 aromatic heterocycles. The minimum atomic E-state index is -4.11. The molecule has 2 heterocycles. The molecule has 1 aliphatic carbocycles. The molecule has 230 valence electrons. The molecule has 1 aliphatic heterocycles. The minimum absolute atomic E-state index is 0.00927. The number of hydrogen-bond acceptors (Lipinski definition) is 6. The van der Waals surface area contributed by atoms with Crippen LogP contribution in [0.15, 0.2) is 58.1 Å². The summed E-state index contributed by atoms with van der Waals surface area (Å²) in [5.41, 5.74) is -0.671. The van der Waals surface area contributed by atoms with Gasteiger partial charge in [-0.25, -0.2) is 31.6 Å². The molecule has 1 saturated carbocycles. The molecule has 0 bridgehead atoms. The number of carbonyl (C=O) groups excluding carboxylic acids is 1. The molecule has 12 heteroatoms. The summed E-state index contributed by atoms with van der Waals surface area (Å²) in [6.45, 7) is 11.3. The van der Waals surface area contributed by atoms with Crippen LogP contribution < -0.4 is 9.46 Å². The quantitative estimate of drug-likeness (QED) is 0.211. The Kier molecular flexibility index (Phi) is 8.87. The lowest BCUT2D eigenvalue weighted by molar-refractivity contribution is -0.115. The molecule has 4 rings (SSSR count). The number of likely N-dealkylation sites (tertiary alicyclic amines) is 1. The van der Waals surface area contributed by atoms with Crippen LogP contribution in [0.5, 0.6) is 5.88 Å². The van der Waals surface area contributed by atoms with Gasteiger partial charge in [-0.2, -0.15) is 0 Å². The Morgan fingerprint density at radius 1 is 1.26 bits per heavy atom. The largest absolute Gasteiger partial charge is 0.476 e. The first-order chi connectivity index (χ1) is 19.6. The van der Waals surface area contributed by atoms with E-state index in [-0.39, 0.29) is 35.2 Å². The SMILES string of the molecule is CC/C=C(/C(=O)NS(=O)(=O)c1ccccc1)C(=NCn1cc(C)c(OCC2(C(C)(F)F)CC2)n1)N1C[C@@H](C)CC1(C)C. The Balaban J connectivity index is 1.62. The highest BCUT2D eigenvalue weighted by atomic mass is 32.2. The number of rotatable bonds is 11. The van der Waals surface area contributed by atoms with Crippen LogP contribution in [0.1, 0.15) is 65.9 Å². The molecule has 9 nitrogen and oxygen atoms in total. The van der Waals surface area contributed by atoms with Gasteiger partial charge in [0.2, 0.25) is 5.88 Å². The van der Waals surface area contributed by atoms with Gasteiger partial charge in [0.25, 0.3) is 21.9 Å². The van der Waals surface area contributed by atoms with Crippen LogP contribution in [-0.4, -0.2) is 59.5 Å². The van der Waals surface area contributed by atoms with Gasteiger partial charge in [-0.15, -0.1) is 5.10 Å². The lowest BCUT2D eigenvalue weighted by Crippen LogP contribution is -2.46. The fourth-order valence-electron chi connectivity index (χ4n) is 5.53. The fraction of sp³-hybridized carbons (Fsp3) is 0.567. The summed E-state index contributed by atoms with van der Waals surface area (Å²) in [6.07, 6.45) is 5.53. The van der Waals surface area contributed by atoms with E-state index in [1.807, 2.05) is 11.8 Å². The number of amides is 1. The third kappa shape index (κ3) is 6.85. The number of nitrogens with zero attached hydrogens (tertiary/aromatic N) is 4. The number of halogens is 2. The number of aliphatic imine (C=N–C) groups is 1. The van der Waals surface area contributed by atoms with E-state index in [0.29, 0.717) is 43.1 Å². The lowest BCUT2D eigenvalue weighted by atomic mass is 9.97. The van der Waals surface area contributed by atoms with Crippen molar-refractivity contribution in [3.05, 3.63) is 53.7 Å². The molecule has 1 aromatic carbocycles. The maximum absolute atomic E-state index is 14.0. The van der Waals surface area contributed by atoms with Gasteiger partial charge in [0.1, 0.15) is 19.1 Å². The van der Waals surface area contributed by atoms with Crippen LogP contribution in [0.4, 0.5) is 8.78 Å². The molecule has 0 radical (unpaired) electrons. The first-order valence-electron chi connectivity index (χ1n) is 14.3. The molecule has 42 heavy (non-hydrogen) atoms. The molecule has 2 aliphatic rings. The molecule has 1 saturated heterocycles. The van der Waals surface area contributed by atoms with Gasteiger partial charge in [-0.05, 0) is 64.5 Å². The van der Waals surface area contributed by atoms with E-state index in [4.69, 9.17) is 9.73 Å². The van der Waals surface area contributed by atoms with E-state index in [1.165, 1.54) is 16.8 Å². The number of amidine groups is 1. The Morgan fingerprint density at radius 3 is 2.48 bits per heavy atom.